The lowest BCUT2D eigenvalue weighted by molar-refractivity contribution is -0.149. The molecule has 1 heterocycles. The second-order valence-corrected chi connectivity index (χ2v) is 4.25. The maximum Gasteiger partial charge on any atom is 0.310 e. The van der Waals surface area contributed by atoms with E-state index < -0.39 is 0 Å². The molecule has 1 saturated heterocycles. The first kappa shape index (κ1) is 18.2. The summed E-state index contributed by atoms with van der Waals surface area (Å²) in [7, 11) is 1.75. The van der Waals surface area contributed by atoms with E-state index in [4.69, 9.17) is 4.74 Å². The van der Waals surface area contributed by atoms with Crippen LogP contribution in [-0.4, -0.2) is 50.1 Å². The highest BCUT2D eigenvalue weighted by atomic mass is 127. The molecule has 1 N–H and O–H groups in total. The lowest BCUT2D eigenvalue weighted by Gasteiger charge is -2.33. The van der Waals surface area contributed by atoms with E-state index in [9.17, 15) is 4.79 Å². The Bertz CT molecular complexity index is 321. The molecule has 1 aliphatic heterocycles. The van der Waals surface area contributed by atoms with Crippen LogP contribution >= 0.6 is 24.0 Å². The lowest BCUT2D eigenvalue weighted by Crippen LogP contribution is -2.48. The third-order valence-corrected chi connectivity index (χ3v) is 2.96. The van der Waals surface area contributed by atoms with Crippen LogP contribution in [0.5, 0.6) is 0 Å². The zero-order valence-electron chi connectivity index (χ0n) is 11.7. The molecule has 1 rings (SSSR count). The standard InChI is InChI=1S/C13H23N3O2.HI/c1-4-8-15-13(14-3)16-9-6-7-11(10-16)12(17)18-5-2;/h4,11H,1,5-10H2,2-3H3,(H,14,15);1H. The molecule has 0 radical (unpaired) electrons. The SMILES string of the molecule is C=CCNC(=NC)N1CCCC(C(=O)OCC)C1.I. The van der Waals surface area contributed by atoms with Crippen molar-refractivity contribution in [1.82, 2.24) is 10.2 Å². The highest BCUT2D eigenvalue weighted by molar-refractivity contribution is 14.0. The van der Waals surface area contributed by atoms with Gasteiger partial charge in [0.2, 0.25) is 0 Å². The predicted molar refractivity (Wildman–Crippen MR) is 87.9 cm³/mol. The van der Waals surface area contributed by atoms with Gasteiger partial charge in [0.15, 0.2) is 5.96 Å². The number of nitrogens with one attached hydrogen (secondary N) is 1. The summed E-state index contributed by atoms with van der Waals surface area (Å²) in [6.45, 7) is 8.22. The lowest BCUT2D eigenvalue weighted by atomic mass is 9.98. The number of rotatable bonds is 4. The molecule has 110 valence electrons. The fraction of sp³-hybridized carbons (Fsp3) is 0.692. The van der Waals surface area contributed by atoms with Crippen molar-refractivity contribution in [3.8, 4) is 0 Å². The number of guanidine groups is 1. The van der Waals surface area contributed by atoms with Crippen LogP contribution in [-0.2, 0) is 9.53 Å². The number of hydrogen-bond acceptors (Lipinski definition) is 3. The molecular formula is C13H24IN3O2. The highest BCUT2D eigenvalue weighted by Crippen LogP contribution is 2.17. The van der Waals surface area contributed by atoms with E-state index in [0.29, 0.717) is 19.7 Å². The summed E-state index contributed by atoms with van der Waals surface area (Å²) in [5.41, 5.74) is 0. The third kappa shape index (κ3) is 5.80. The Morgan fingerprint density at radius 3 is 2.95 bits per heavy atom. The molecule has 0 aromatic carbocycles. The predicted octanol–water partition coefficient (Wildman–Crippen LogP) is 1.64. The molecule has 0 amide bonds. The van der Waals surface area contributed by atoms with Gasteiger partial charge in [0.05, 0.1) is 12.5 Å². The molecule has 1 unspecified atom stereocenters. The third-order valence-electron chi connectivity index (χ3n) is 2.96. The summed E-state index contributed by atoms with van der Waals surface area (Å²) in [5.74, 6) is 0.686. The normalized spacial score (nSPS) is 19.4. The molecular weight excluding hydrogens is 357 g/mol. The Morgan fingerprint density at radius 2 is 2.37 bits per heavy atom. The van der Waals surface area contributed by atoms with Crippen LogP contribution in [0.4, 0.5) is 0 Å². The molecule has 1 atom stereocenters. The molecule has 6 heteroatoms. The number of aliphatic imine (C=N–C) groups is 1. The maximum absolute atomic E-state index is 11.7. The first-order chi connectivity index (χ1) is 8.72. The molecule has 1 aliphatic rings. The van der Waals surface area contributed by atoms with Gasteiger partial charge in [-0.05, 0) is 19.8 Å². The van der Waals surface area contributed by atoms with Crippen LogP contribution < -0.4 is 5.32 Å². The minimum atomic E-state index is -0.0960. The molecule has 0 aliphatic carbocycles. The van der Waals surface area contributed by atoms with Gasteiger partial charge in [-0.3, -0.25) is 9.79 Å². The number of carbonyl (C=O) groups excluding carboxylic acids is 1. The van der Waals surface area contributed by atoms with Crippen LogP contribution in [0, 0.1) is 5.92 Å². The van der Waals surface area contributed by atoms with Crippen LogP contribution in [0.25, 0.3) is 0 Å². The number of halogens is 1. The van der Waals surface area contributed by atoms with Crippen molar-refractivity contribution in [3.05, 3.63) is 12.7 Å². The Morgan fingerprint density at radius 1 is 1.63 bits per heavy atom. The summed E-state index contributed by atoms with van der Waals surface area (Å²) >= 11 is 0. The zero-order valence-corrected chi connectivity index (χ0v) is 14.1. The minimum Gasteiger partial charge on any atom is -0.466 e. The van der Waals surface area contributed by atoms with Crippen molar-refractivity contribution < 1.29 is 9.53 Å². The largest absolute Gasteiger partial charge is 0.466 e. The van der Waals surface area contributed by atoms with Gasteiger partial charge in [-0.15, -0.1) is 30.6 Å². The van der Waals surface area contributed by atoms with E-state index in [0.717, 1.165) is 25.3 Å². The van der Waals surface area contributed by atoms with E-state index in [1.807, 2.05) is 6.92 Å². The molecule has 1 fully saturated rings. The van der Waals surface area contributed by atoms with Gasteiger partial charge >= 0.3 is 5.97 Å². The van der Waals surface area contributed by atoms with Gasteiger partial charge < -0.3 is 15.0 Å². The van der Waals surface area contributed by atoms with E-state index >= 15 is 0 Å². The first-order valence-electron chi connectivity index (χ1n) is 6.46. The Kier molecular flexibility index (Phi) is 9.63. The second-order valence-electron chi connectivity index (χ2n) is 4.25. The molecule has 5 nitrogen and oxygen atoms in total. The molecule has 19 heavy (non-hydrogen) atoms. The van der Waals surface area contributed by atoms with Crippen LogP contribution in [0.15, 0.2) is 17.6 Å². The number of likely N-dealkylation sites (tertiary alicyclic amines) is 1. The number of piperidine rings is 1. The van der Waals surface area contributed by atoms with E-state index in [1.165, 1.54) is 0 Å². The van der Waals surface area contributed by atoms with Crippen molar-refractivity contribution >= 4 is 35.9 Å². The topological polar surface area (TPSA) is 53.9 Å². The Hall–Kier alpha value is -0.790. The summed E-state index contributed by atoms with van der Waals surface area (Å²) in [4.78, 5) is 18.1. The summed E-state index contributed by atoms with van der Waals surface area (Å²) in [6.07, 6.45) is 3.67. The summed E-state index contributed by atoms with van der Waals surface area (Å²) in [5, 5.41) is 3.19. The molecule has 0 saturated carbocycles. The summed E-state index contributed by atoms with van der Waals surface area (Å²) in [6, 6.07) is 0. The zero-order chi connectivity index (χ0) is 13.4. The van der Waals surface area contributed by atoms with Gasteiger partial charge in [0, 0.05) is 26.7 Å². The summed E-state index contributed by atoms with van der Waals surface area (Å²) < 4.78 is 5.08. The van der Waals surface area contributed by atoms with Crippen molar-refractivity contribution in [2.24, 2.45) is 10.9 Å². The van der Waals surface area contributed by atoms with Crippen molar-refractivity contribution in [2.75, 3.05) is 33.3 Å². The number of carbonyl (C=O) groups is 1. The fourth-order valence-electron chi connectivity index (χ4n) is 2.12. The molecule has 0 bridgehead atoms. The average molecular weight is 381 g/mol. The van der Waals surface area contributed by atoms with Crippen LogP contribution in [0.2, 0.25) is 0 Å². The highest BCUT2D eigenvalue weighted by Gasteiger charge is 2.28. The smallest absolute Gasteiger partial charge is 0.310 e. The van der Waals surface area contributed by atoms with Gasteiger partial charge in [-0.2, -0.15) is 0 Å². The van der Waals surface area contributed by atoms with Gasteiger partial charge in [0.25, 0.3) is 0 Å². The molecule has 0 spiro atoms. The van der Waals surface area contributed by atoms with Gasteiger partial charge in [-0.1, -0.05) is 6.08 Å². The Balaban J connectivity index is 0.00000324. The number of nitrogens with zero attached hydrogens (tertiary/aromatic N) is 2. The second kappa shape index (κ2) is 10.1. The fourth-order valence-corrected chi connectivity index (χ4v) is 2.12. The maximum atomic E-state index is 11.7. The molecule has 0 aromatic heterocycles. The molecule has 0 aromatic rings. The van der Waals surface area contributed by atoms with Crippen molar-refractivity contribution in [1.29, 1.82) is 0 Å². The van der Waals surface area contributed by atoms with Crippen LogP contribution in [0.3, 0.4) is 0 Å². The number of esters is 1. The van der Waals surface area contributed by atoms with Crippen molar-refractivity contribution in [2.45, 2.75) is 19.8 Å². The van der Waals surface area contributed by atoms with Gasteiger partial charge in [-0.25, -0.2) is 0 Å². The van der Waals surface area contributed by atoms with Crippen LogP contribution in [0.1, 0.15) is 19.8 Å². The number of ether oxygens (including phenoxy) is 1. The van der Waals surface area contributed by atoms with E-state index in [2.05, 4.69) is 21.8 Å². The van der Waals surface area contributed by atoms with E-state index in [1.54, 1.807) is 13.1 Å². The van der Waals surface area contributed by atoms with E-state index in [-0.39, 0.29) is 35.9 Å². The minimum absolute atomic E-state index is 0. The average Bonchev–Trinajstić information content (AvgIpc) is 2.40. The van der Waals surface area contributed by atoms with Gasteiger partial charge in [0.1, 0.15) is 0 Å². The first-order valence-corrected chi connectivity index (χ1v) is 6.46. The Labute approximate surface area is 132 Å². The van der Waals surface area contributed by atoms with Crippen molar-refractivity contribution in [3.63, 3.8) is 0 Å². The quantitative estimate of drug-likeness (QED) is 0.265. The monoisotopic (exact) mass is 381 g/mol. The number of hydrogen-bond donors (Lipinski definition) is 1.